The summed E-state index contributed by atoms with van der Waals surface area (Å²) < 4.78 is 22.9. The molecule has 0 bridgehead atoms. The molecule has 4 nitrogen and oxygen atoms in total. The van der Waals surface area contributed by atoms with E-state index in [0.717, 1.165) is 34.6 Å². The van der Waals surface area contributed by atoms with Gasteiger partial charge in [0.25, 0.3) is 0 Å². The van der Waals surface area contributed by atoms with Crippen molar-refractivity contribution in [1.82, 2.24) is 0 Å². The second kappa shape index (κ2) is 7.32. The Morgan fingerprint density at radius 2 is 1.62 bits per heavy atom. The SMILES string of the molecule is CCOc1ccc(C2=Cc3cc(OC)c(OC)cc3C(C)(CC)O2)cc1. The molecule has 0 saturated carbocycles. The summed E-state index contributed by atoms with van der Waals surface area (Å²) in [7, 11) is 3.30. The van der Waals surface area contributed by atoms with Crippen LogP contribution in [0.4, 0.5) is 0 Å². The van der Waals surface area contributed by atoms with E-state index in [9.17, 15) is 0 Å². The molecule has 138 valence electrons. The number of hydrogen-bond donors (Lipinski definition) is 0. The van der Waals surface area contributed by atoms with Crippen LogP contribution in [-0.4, -0.2) is 20.8 Å². The molecule has 0 spiro atoms. The van der Waals surface area contributed by atoms with Crippen molar-refractivity contribution in [2.45, 2.75) is 32.8 Å². The fraction of sp³-hybridized carbons (Fsp3) is 0.364. The normalized spacial score (nSPS) is 18.4. The molecule has 0 fully saturated rings. The van der Waals surface area contributed by atoms with Crippen molar-refractivity contribution >= 4 is 11.8 Å². The van der Waals surface area contributed by atoms with E-state index < -0.39 is 5.60 Å². The zero-order chi connectivity index (χ0) is 18.7. The Morgan fingerprint density at radius 3 is 2.19 bits per heavy atom. The Morgan fingerprint density at radius 1 is 0.962 bits per heavy atom. The lowest BCUT2D eigenvalue weighted by Crippen LogP contribution is -2.28. The van der Waals surface area contributed by atoms with Gasteiger partial charge in [0.05, 0.1) is 20.8 Å². The van der Waals surface area contributed by atoms with Gasteiger partial charge in [-0.05, 0) is 68.3 Å². The second-order valence-corrected chi connectivity index (χ2v) is 6.45. The Kier molecular flexibility index (Phi) is 5.12. The van der Waals surface area contributed by atoms with Crippen LogP contribution in [-0.2, 0) is 10.3 Å². The molecule has 4 heteroatoms. The maximum atomic E-state index is 6.43. The highest BCUT2D eigenvalue weighted by atomic mass is 16.5. The van der Waals surface area contributed by atoms with Gasteiger partial charge in [-0.3, -0.25) is 0 Å². The van der Waals surface area contributed by atoms with Crippen LogP contribution in [0.15, 0.2) is 36.4 Å². The number of ether oxygens (including phenoxy) is 4. The fourth-order valence-corrected chi connectivity index (χ4v) is 3.23. The summed E-state index contributed by atoms with van der Waals surface area (Å²) >= 11 is 0. The lowest BCUT2D eigenvalue weighted by molar-refractivity contribution is 0.0485. The van der Waals surface area contributed by atoms with E-state index in [1.807, 2.05) is 43.3 Å². The number of methoxy groups -OCH3 is 2. The first kappa shape index (κ1) is 18.2. The van der Waals surface area contributed by atoms with Gasteiger partial charge in [0.2, 0.25) is 0 Å². The van der Waals surface area contributed by atoms with E-state index in [2.05, 4.69) is 19.9 Å². The van der Waals surface area contributed by atoms with Crippen LogP contribution in [0.5, 0.6) is 17.2 Å². The molecule has 1 aliphatic rings. The number of fused-ring (bicyclic) bond motifs is 1. The lowest BCUT2D eigenvalue weighted by Gasteiger charge is -2.36. The third-order valence-corrected chi connectivity index (χ3v) is 4.87. The summed E-state index contributed by atoms with van der Waals surface area (Å²) in [5.41, 5.74) is 2.78. The third kappa shape index (κ3) is 3.24. The predicted molar refractivity (Wildman–Crippen MR) is 104 cm³/mol. The highest BCUT2D eigenvalue weighted by Gasteiger charge is 2.34. The number of hydrogen-bond acceptors (Lipinski definition) is 4. The Balaban J connectivity index is 2.08. The summed E-state index contributed by atoms with van der Waals surface area (Å²) in [6.07, 6.45) is 2.90. The van der Waals surface area contributed by atoms with Crippen LogP contribution in [0.25, 0.3) is 11.8 Å². The minimum atomic E-state index is -0.433. The van der Waals surface area contributed by atoms with Crippen molar-refractivity contribution in [3.8, 4) is 17.2 Å². The minimum absolute atomic E-state index is 0.433. The molecule has 0 N–H and O–H groups in total. The molecule has 0 amide bonds. The summed E-state index contributed by atoms with van der Waals surface area (Å²) in [5.74, 6) is 3.14. The van der Waals surface area contributed by atoms with Gasteiger partial charge in [0.1, 0.15) is 17.1 Å². The van der Waals surface area contributed by atoms with E-state index in [-0.39, 0.29) is 0 Å². The van der Waals surface area contributed by atoms with Crippen LogP contribution < -0.4 is 14.2 Å². The van der Waals surface area contributed by atoms with Crippen LogP contribution >= 0.6 is 0 Å². The second-order valence-electron chi connectivity index (χ2n) is 6.45. The summed E-state index contributed by atoms with van der Waals surface area (Å²) in [6.45, 7) is 6.87. The van der Waals surface area contributed by atoms with E-state index >= 15 is 0 Å². The molecule has 3 rings (SSSR count). The Bertz CT molecular complexity index is 808. The van der Waals surface area contributed by atoms with Crippen molar-refractivity contribution in [3.05, 3.63) is 53.1 Å². The molecular formula is C22H26O4. The molecular weight excluding hydrogens is 328 g/mol. The highest BCUT2D eigenvalue weighted by molar-refractivity contribution is 5.82. The fourth-order valence-electron chi connectivity index (χ4n) is 3.23. The van der Waals surface area contributed by atoms with Gasteiger partial charge in [0.15, 0.2) is 11.5 Å². The number of rotatable bonds is 6. The Hall–Kier alpha value is -2.62. The summed E-state index contributed by atoms with van der Waals surface area (Å²) in [4.78, 5) is 0. The Labute approximate surface area is 155 Å². The maximum absolute atomic E-state index is 6.43. The third-order valence-electron chi connectivity index (χ3n) is 4.87. The van der Waals surface area contributed by atoms with Crippen molar-refractivity contribution in [3.63, 3.8) is 0 Å². The van der Waals surface area contributed by atoms with E-state index in [1.54, 1.807) is 14.2 Å². The zero-order valence-corrected chi connectivity index (χ0v) is 16.1. The van der Waals surface area contributed by atoms with Gasteiger partial charge in [-0.15, -0.1) is 0 Å². The summed E-state index contributed by atoms with van der Waals surface area (Å²) in [6, 6.07) is 12.0. The number of benzene rings is 2. The van der Waals surface area contributed by atoms with E-state index in [4.69, 9.17) is 18.9 Å². The van der Waals surface area contributed by atoms with Crippen LogP contribution in [0.1, 0.15) is 43.9 Å². The van der Waals surface area contributed by atoms with Gasteiger partial charge >= 0.3 is 0 Å². The molecule has 1 unspecified atom stereocenters. The standard InChI is InChI=1S/C22H26O4/c1-6-22(3)18-14-21(24-5)20(23-4)13-16(18)12-19(26-22)15-8-10-17(11-9-15)25-7-2/h8-14H,6-7H2,1-5H3. The van der Waals surface area contributed by atoms with Gasteiger partial charge in [0, 0.05) is 11.1 Å². The molecule has 1 heterocycles. The quantitative estimate of drug-likeness (QED) is 0.709. The molecule has 26 heavy (non-hydrogen) atoms. The first-order valence-corrected chi connectivity index (χ1v) is 8.95. The smallest absolute Gasteiger partial charge is 0.161 e. The first-order valence-electron chi connectivity index (χ1n) is 8.95. The van der Waals surface area contributed by atoms with Crippen molar-refractivity contribution in [2.24, 2.45) is 0 Å². The molecule has 0 aromatic heterocycles. The molecule has 0 aliphatic carbocycles. The largest absolute Gasteiger partial charge is 0.494 e. The topological polar surface area (TPSA) is 36.9 Å². The van der Waals surface area contributed by atoms with Crippen LogP contribution in [0, 0.1) is 0 Å². The van der Waals surface area contributed by atoms with Crippen molar-refractivity contribution in [2.75, 3.05) is 20.8 Å². The molecule has 1 atom stereocenters. The van der Waals surface area contributed by atoms with E-state index in [0.29, 0.717) is 18.1 Å². The average Bonchev–Trinajstić information content (AvgIpc) is 2.67. The van der Waals surface area contributed by atoms with Gasteiger partial charge in [-0.2, -0.15) is 0 Å². The van der Waals surface area contributed by atoms with E-state index in [1.165, 1.54) is 0 Å². The molecule has 0 saturated heterocycles. The molecule has 2 aromatic carbocycles. The first-order chi connectivity index (χ1) is 12.5. The highest BCUT2D eigenvalue weighted by Crippen LogP contribution is 2.45. The lowest BCUT2D eigenvalue weighted by atomic mass is 9.85. The van der Waals surface area contributed by atoms with Crippen molar-refractivity contribution in [1.29, 1.82) is 0 Å². The maximum Gasteiger partial charge on any atom is 0.161 e. The average molecular weight is 354 g/mol. The molecule has 0 radical (unpaired) electrons. The van der Waals surface area contributed by atoms with Gasteiger partial charge in [-0.1, -0.05) is 6.92 Å². The minimum Gasteiger partial charge on any atom is -0.494 e. The van der Waals surface area contributed by atoms with Crippen molar-refractivity contribution < 1.29 is 18.9 Å². The molecule has 1 aliphatic heterocycles. The van der Waals surface area contributed by atoms with Crippen LogP contribution in [0.2, 0.25) is 0 Å². The predicted octanol–water partition coefficient (Wildman–Crippen LogP) is 5.26. The zero-order valence-electron chi connectivity index (χ0n) is 16.1. The van der Waals surface area contributed by atoms with Crippen LogP contribution in [0.3, 0.4) is 0 Å². The molecule has 2 aromatic rings. The van der Waals surface area contributed by atoms with Gasteiger partial charge in [-0.25, -0.2) is 0 Å². The van der Waals surface area contributed by atoms with Gasteiger partial charge < -0.3 is 18.9 Å². The summed E-state index contributed by atoms with van der Waals surface area (Å²) in [5, 5.41) is 0. The monoisotopic (exact) mass is 354 g/mol.